The number of carbonyl (C=O) groups excluding carboxylic acids is 1. The van der Waals surface area contributed by atoms with Gasteiger partial charge in [0.1, 0.15) is 10.3 Å². The molecule has 1 aromatic heterocycles. The largest absolute Gasteiger partial charge is 0.379 e. The first-order chi connectivity index (χ1) is 14.0. The fraction of sp³-hybridized carbons (Fsp3) is 0.421. The summed E-state index contributed by atoms with van der Waals surface area (Å²) in [7, 11) is -3.82. The molecule has 29 heavy (non-hydrogen) atoms. The van der Waals surface area contributed by atoms with Crippen molar-refractivity contribution < 1.29 is 17.9 Å². The van der Waals surface area contributed by atoms with Gasteiger partial charge in [-0.3, -0.25) is 9.69 Å². The normalized spacial score (nSPS) is 16.4. The van der Waals surface area contributed by atoms with Gasteiger partial charge in [-0.15, -0.1) is 11.3 Å². The third-order valence-corrected chi connectivity index (χ3v) is 8.07. The van der Waals surface area contributed by atoms with Gasteiger partial charge >= 0.3 is 0 Å². The molecule has 1 atom stereocenters. The number of nitrogens with zero attached hydrogens (tertiary/aromatic N) is 1. The molecule has 10 heteroatoms. The lowest BCUT2D eigenvalue weighted by Crippen LogP contribution is -2.42. The predicted molar refractivity (Wildman–Crippen MR) is 116 cm³/mol. The van der Waals surface area contributed by atoms with Crippen LogP contribution in [0, 0.1) is 0 Å². The Morgan fingerprint density at radius 1 is 1.17 bits per heavy atom. The van der Waals surface area contributed by atoms with Crippen LogP contribution in [0.5, 0.6) is 0 Å². The maximum absolute atomic E-state index is 12.8. The van der Waals surface area contributed by atoms with Gasteiger partial charge in [-0.1, -0.05) is 30.3 Å². The summed E-state index contributed by atoms with van der Waals surface area (Å²) in [5.74, 6) is -0.364. The summed E-state index contributed by atoms with van der Waals surface area (Å²) in [6, 6.07) is 11.1. The first-order valence-electron chi connectivity index (χ1n) is 9.36. The zero-order chi connectivity index (χ0) is 20.7. The Hall–Kier alpha value is -1.30. The molecule has 1 aliphatic heterocycles. The second-order valence-corrected chi connectivity index (χ2v) is 11.0. The van der Waals surface area contributed by atoms with Gasteiger partial charge in [-0.25, -0.2) is 8.42 Å². The SMILES string of the molecule is O=C(NCCCN1CCOCC1)[C@@H](NS(=O)(=O)c1ccc(Br)s1)c1ccccc1. The van der Waals surface area contributed by atoms with Crippen molar-refractivity contribution >= 4 is 43.2 Å². The number of nitrogens with one attached hydrogen (secondary N) is 2. The molecule has 1 amide bonds. The Morgan fingerprint density at radius 3 is 2.55 bits per heavy atom. The van der Waals surface area contributed by atoms with Gasteiger partial charge in [-0.05, 0) is 46.6 Å². The molecule has 0 spiro atoms. The van der Waals surface area contributed by atoms with Crippen molar-refractivity contribution in [1.82, 2.24) is 14.9 Å². The fourth-order valence-electron chi connectivity index (χ4n) is 3.01. The van der Waals surface area contributed by atoms with E-state index in [1.54, 1.807) is 30.3 Å². The van der Waals surface area contributed by atoms with Gasteiger partial charge in [0.25, 0.3) is 10.0 Å². The lowest BCUT2D eigenvalue weighted by atomic mass is 10.1. The van der Waals surface area contributed by atoms with E-state index in [1.165, 1.54) is 6.07 Å². The van der Waals surface area contributed by atoms with E-state index in [2.05, 4.69) is 30.9 Å². The van der Waals surface area contributed by atoms with Gasteiger partial charge in [0, 0.05) is 19.6 Å². The number of halogens is 1. The van der Waals surface area contributed by atoms with E-state index in [1.807, 2.05) is 6.07 Å². The van der Waals surface area contributed by atoms with Crippen LogP contribution in [0.1, 0.15) is 18.0 Å². The monoisotopic (exact) mass is 501 g/mol. The summed E-state index contributed by atoms with van der Waals surface area (Å²) in [4.78, 5) is 15.1. The zero-order valence-electron chi connectivity index (χ0n) is 15.8. The van der Waals surface area contributed by atoms with Crippen molar-refractivity contribution in [2.45, 2.75) is 16.7 Å². The van der Waals surface area contributed by atoms with Crippen LogP contribution in [-0.2, 0) is 19.6 Å². The van der Waals surface area contributed by atoms with Crippen LogP contribution in [0.2, 0.25) is 0 Å². The highest BCUT2D eigenvalue weighted by molar-refractivity contribution is 9.11. The minimum Gasteiger partial charge on any atom is -0.379 e. The number of sulfonamides is 1. The number of hydrogen-bond acceptors (Lipinski definition) is 6. The first-order valence-corrected chi connectivity index (χ1v) is 12.5. The number of benzene rings is 1. The number of carbonyl (C=O) groups is 1. The number of morpholine rings is 1. The van der Waals surface area contributed by atoms with Crippen molar-refractivity contribution in [3.63, 3.8) is 0 Å². The number of rotatable bonds is 9. The quantitative estimate of drug-likeness (QED) is 0.515. The van der Waals surface area contributed by atoms with E-state index >= 15 is 0 Å². The molecule has 1 aromatic carbocycles. The molecule has 0 saturated carbocycles. The van der Waals surface area contributed by atoms with E-state index in [-0.39, 0.29) is 10.1 Å². The summed E-state index contributed by atoms with van der Waals surface area (Å²) in [5, 5.41) is 2.87. The lowest BCUT2D eigenvalue weighted by Gasteiger charge is -2.26. The molecule has 0 unspecified atom stereocenters. The number of hydrogen-bond donors (Lipinski definition) is 2. The highest BCUT2D eigenvalue weighted by Crippen LogP contribution is 2.27. The topological polar surface area (TPSA) is 87.7 Å². The summed E-state index contributed by atoms with van der Waals surface area (Å²) < 4.78 is 34.3. The Balaban J connectivity index is 1.63. The third-order valence-electron chi connectivity index (χ3n) is 4.54. The van der Waals surface area contributed by atoms with E-state index in [0.717, 1.165) is 50.6 Å². The lowest BCUT2D eigenvalue weighted by molar-refractivity contribution is -0.122. The maximum Gasteiger partial charge on any atom is 0.251 e. The van der Waals surface area contributed by atoms with Crippen LogP contribution in [0.25, 0.3) is 0 Å². The average Bonchev–Trinajstić information content (AvgIpc) is 3.18. The Bertz CT molecular complexity index is 899. The summed E-state index contributed by atoms with van der Waals surface area (Å²) in [5.41, 5.74) is 0.595. The van der Waals surface area contributed by atoms with Crippen LogP contribution in [0.15, 0.2) is 50.5 Å². The highest BCUT2D eigenvalue weighted by atomic mass is 79.9. The standard InChI is InChI=1S/C19H24BrN3O4S2/c20-16-7-8-17(28-16)29(25,26)22-18(15-5-2-1-3-6-15)19(24)21-9-4-10-23-11-13-27-14-12-23/h1-3,5-8,18,22H,4,9-14H2,(H,21,24)/t18-/m0/s1. The Morgan fingerprint density at radius 2 is 1.90 bits per heavy atom. The molecule has 1 fully saturated rings. The Kier molecular flexibility index (Phi) is 8.22. The van der Waals surface area contributed by atoms with Gasteiger partial charge in [-0.2, -0.15) is 4.72 Å². The molecule has 0 aliphatic carbocycles. The van der Waals surface area contributed by atoms with Gasteiger partial charge in [0.2, 0.25) is 5.91 Å². The highest BCUT2D eigenvalue weighted by Gasteiger charge is 2.28. The minimum atomic E-state index is -3.82. The number of thiophene rings is 1. The molecular weight excluding hydrogens is 478 g/mol. The average molecular weight is 502 g/mol. The number of amides is 1. The molecule has 2 N–H and O–H groups in total. The van der Waals surface area contributed by atoms with Crippen LogP contribution in [-0.4, -0.2) is 58.6 Å². The van der Waals surface area contributed by atoms with E-state index in [0.29, 0.717) is 15.9 Å². The van der Waals surface area contributed by atoms with Gasteiger partial charge in [0.15, 0.2) is 0 Å². The van der Waals surface area contributed by atoms with Crippen molar-refractivity contribution in [1.29, 1.82) is 0 Å². The van der Waals surface area contributed by atoms with E-state index in [4.69, 9.17) is 4.74 Å². The summed E-state index contributed by atoms with van der Waals surface area (Å²) in [6.07, 6.45) is 0.790. The summed E-state index contributed by atoms with van der Waals surface area (Å²) >= 11 is 4.37. The second-order valence-electron chi connectivity index (χ2n) is 6.62. The Labute approximate surface area is 183 Å². The molecule has 158 valence electrons. The molecule has 2 aromatic rings. The molecule has 7 nitrogen and oxygen atoms in total. The van der Waals surface area contributed by atoms with Crippen molar-refractivity contribution in [3.8, 4) is 0 Å². The van der Waals surface area contributed by atoms with Crippen LogP contribution in [0.4, 0.5) is 0 Å². The molecule has 0 bridgehead atoms. The maximum atomic E-state index is 12.8. The van der Waals surface area contributed by atoms with Crippen LogP contribution in [0.3, 0.4) is 0 Å². The molecule has 0 radical (unpaired) electrons. The van der Waals surface area contributed by atoms with Crippen LogP contribution < -0.4 is 10.0 Å². The second kappa shape index (κ2) is 10.6. The van der Waals surface area contributed by atoms with Gasteiger partial charge < -0.3 is 10.1 Å². The molecule has 1 aliphatic rings. The first kappa shape index (κ1) is 22.4. The molecule has 1 saturated heterocycles. The third kappa shape index (κ3) is 6.59. The van der Waals surface area contributed by atoms with Crippen molar-refractivity contribution in [2.24, 2.45) is 0 Å². The predicted octanol–water partition coefficient (Wildman–Crippen LogP) is 2.37. The van der Waals surface area contributed by atoms with E-state index < -0.39 is 16.1 Å². The van der Waals surface area contributed by atoms with Crippen LogP contribution >= 0.6 is 27.3 Å². The molecular formula is C19H24BrN3O4S2. The molecule has 2 heterocycles. The summed E-state index contributed by atoms with van der Waals surface area (Å²) in [6.45, 7) is 4.63. The minimum absolute atomic E-state index is 0.158. The van der Waals surface area contributed by atoms with Crippen molar-refractivity contribution in [3.05, 3.63) is 51.8 Å². The van der Waals surface area contributed by atoms with E-state index in [9.17, 15) is 13.2 Å². The molecule has 3 rings (SSSR count). The fourth-order valence-corrected chi connectivity index (χ4v) is 6.23. The van der Waals surface area contributed by atoms with Crippen molar-refractivity contribution in [2.75, 3.05) is 39.4 Å². The zero-order valence-corrected chi connectivity index (χ0v) is 19.1. The smallest absolute Gasteiger partial charge is 0.251 e. The number of ether oxygens (including phenoxy) is 1. The van der Waals surface area contributed by atoms with Gasteiger partial charge in [0.05, 0.1) is 17.0 Å².